The molecule has 2 aromatic carbocycles. The molecule has 10 nitrogen and oxygen atoms in total. The van der Waals surface area contributed by atoms with Crippen molar-refractivity contribution in [2.45, 2.75) is 46.3 Å². The number of phenols is 1. The number of hydrogen-bond donors (Lipinski definition) is 4. The maximum absolute atomic E-state index is 13.3. The molecule has 0 radical (unpaired) electrons. The molecule has 1 heterocycles. The number of primary amides is 1. The van der Waals surface area contributed by atoms with E-state index in [1.54, 1.807) is 23.1 Å². The number of phenolic OH excluding ortho intramolecular Hbond substituents is 1. The largest absolute Gasteiger partial charge is 0.507 e. The second-order valence-electron chi connectivity index (χ2n) is 9.53. The van der Waals surface area contributed by atoms with Crippen LogP contribution in [0.3, 0.4) is 0 Å². The zero-order valence-corrected chi connectivity index (χ0v) is 23.3. The molecule has 11 heteroatoms. The van der Waals surface area contributed by atoms with E-state index < -0.39 is 11.5 Å². The van der Waals surface area contributed by atoms with Gasteiger partial charge in [-0.25, -0.2) is 4.79 Å². The van der Waals surface area contributed by atoms with Crippen LogP contribution in [0.1, 0.15) is 70.7 Å². The van der Waals surface area contributed by atoms with Crippen LogP contribution in [0.5, 0.6) is 11.5 Å². The van der Waals surface area contributed by atoms with Crippen LogP contribution in [-0.4, -0.2) is 53.8 Å². The van der Waals surface area contributed by atoms with Crippen LogP contribution in [0.4, 0.5) is 4.79 Å². The lowest BCUT2D eigenvalue weighted by Crippen LogP contribution is -2.30. The molecule has 0 aromatic heterocycles. The SMILES string of the molecule is Br.CCOc1cc2c(cc1C(=O)NC)C(=N)N(CC(=O)c1cc(COC(N)=O)c(O)c(C(C)(C)C)c1)C2. The van der Waals surface area contributed by atoms with E-state index in [4.69, 9.17) is 20.6 Å². The van der Waals surface area contributed by atoms with E-state index in [1.807, 2.05) is 27.7 Å². The molecule has 37 heavy (non-hydrogen) atoms. The highest BCUT2D eigenvalue weighted by Crippen LogP contribution is 2.36. The van der Waals surface area contributed by atoms with E-state index in [0.717, 1.165) is 5.56 Å². The predicted molar refractivity (Wildman–Crippen MR) is 144 cm³/mol. The van der Waals surface area contributed by atoms with E-state index in [-0.39, 0.29) is 59.0 Å². The molecule has 1 aliphatic rings. The number of nitrogens with one attached hydrogen (secondary N) is 2. The van der Waals surface area contributed by atoms with Gasteiger partial charge in [-0.3, -0.25) is 15.0 Å². The van der Waals surface area contributed by atoms with Crippen LogP contribution in [0.2, 0.25) is 0 Å². The Balaban J connectivity index is 0.00000481. The van der Waals surface area contributed by atoms with Gasteiger partial charge in [-0.2, -0.15) is 0 Å². The molecule has 0 unspecified atom stereocenters. The second kappa shape index (κ2) is 11.6. The number of amides is 2. The third kappa shape index (κ3) is 6.40. The average molecular weight is 577 g/mol. The van der Waals surface area contributed by atoms with E-state index >= 15 is 0 Å². The average Bonchev–Trinajstić information content (AvgIpc) is 3.10. The number of benzene rings is 2. The van der Waals surface area contributed by atoms with Gasteiger partial charge in [0.1, 0.15) is 23.9 Å². The normalized spacial score (nSPS) is 12.5. The third-order valence-corrected chi connectivity index (χ3v) is 5.93. The Morgan fingerprint density at radius 3 is 2.43 bits per heavy atom. The van der Waals surface area contributed by atoms with Crippen LogP contribution in [0, 0.1) is 5.41 Å². The molecule has 0 bridgehead atoms. The Hall–Kier alpha value is -3.60. The number of carbonyl (C=O) groups is 3. The minimum Gasteiger partial charge on any atom is -0.507 e. The van der Waals surface area contributed by atoms with Crippen LogP contribution in [-0.2, 0) is 23.3 Å². The van der Waals surface area contributed by atoms with Gasteiger partial charge in [0.25, 0.3) is 5.91 Å². The number of ether oxygens (including phenoxy) is 2. The van der Waals surface area contributed by atoms with Crippen LogP contribution in [0.25, 0.3) is 0 Å². The number of Topliss-reactive ketones (excluding diaryl/α,β-unsaturated/α-hetero) is 1. The summed E-state index contributed by atoms with van der Waals surface area (Å²) in [5.41, 5.74) is 7.33. The second-order valence-corrected chi connectivity index (χ2v) is 9.53. The van der Waals surface area contributed by atoms with Crippen molar-refractivity contribution >= 4 is 40.6 Å². The number of carbonyl (C=O) groups excluding carboxylic acids is 3. The first-order chi connectivity index (χ1) is 16.9. The van der Waals surface area contributed by atoms with Gasteiger partial charge in [-0.1, -0.05) is 20.8 Å². The third-order valence-electron chi connectivity index (χ3n) is 5.93. The molecule has 0 aliphatic carbocycles. The van der Waals surface area contributed by atoms with Crippen molar-refractivity contribution < 1.29 is 29.0 Å². The Morgan fingerprint density at radius 1 is 1.19 bits per heavy atom. The highest BCUT2D eigenvalue weighted by molar-refractivity contribution is 8.93. The van der Waals surface area contributed by atoms with Crippen LogP contribution in [0.15, 0.2) is 24.3 Å². The fourth-order valence-electron chi connectivity index (χ4n) is 4.10. The Bertz CT molecular complexity index is 1240. The number of amidine groups is 1. The first-order valence-corrected chi connectivity index (χ1v) is 11.5. The highest BCUT2D eigenvalue weighted by Gasteiger charge is 2.30. The molecule has 2 aromatic rings. The standard InChI is InChI=1S/C26H32N4O6.BrH/c1-6-35-21-9-15-11-30(23(27)17(15)10-18(21)24(33)29-5)12-20(31)14-7-16(13-36-25(28)34)22(32)19(8-14)26(2,3)4;/h7-10,27,32H,6,11-13H2,1-5H3,(H2,28,34)(H,29,33);1H. The Labute approximate surface area is 226 Å². The lowest BCUT2D eigenvalue weighted by atomic mass is 9.83. The first-order valence-electron chi connectivity index (χ1n) is 11.5. The fourth-order valence-corrected chi connectivity index (χ4v) is 4.10. The number of ketones is 1. The summed E-state index contributed by atoms with van der Waals surface area (Å²) >= 11 is 0. The molecule has 5 N–H and O–H groups in total. The molecule has 0 saturated carbocycles. The summed E-state index contributed by atoms with van der Waals surface area (Å²) in [5.74, 6) is -0.127. The van der Waals surface area contributed by atoms with Gasteiger partial charge in [0.05, 0.1) is 18.7 Å². The van der Waals surface area contributed by atoms with Gasteiger partial charge >= 0.3 is 6.09 Å². The van der Waals surface area contributed by atoms with Gasteiger partial charge in [-0.15, -0.1) is 17.0 Å². The fraction of sp³-hybridized carbons (Fsp3) is 0.385. The molecule has 1 aliphatic heterocycles. The van der Waals surface area contributed by atoms with Gasteiger partial charge in [0.15, 0.2) is 5.78 Å². The molecule has 0 saturated heterocycles. The number of rotatable bonds is 8. The van der Waals surface area contributed by atoms with Crippen molar-refractivity contribution in [3.63, 3.8) is 0 Å². The molecule has 0 fully saturated rings. The summed E-state index contributed by atoms with van der Waals surface area (Å²) in [7, 11) is 1.52. The summed E-state index contributed by atoms with van der Waals surface area (Å²) < 4.78 is 10.5. The number of hydrogen-bond acceptors (Lipinski definition) is 7. The predicted octanol–water partition coefficient (Wildman–Crippen LogP) is 3.65. The minimum absolute atomic E-state index is 0. The smallest absolute Gasteiger partial charge is 0.404 e. The van der Waals surface area contributed by atoms with Crippen molar-refractivity contribution in [1.29, 1.82) is 5.41 Å². The topological polar surface area (TPSA) is 155 Å². The number of halogens is 1. The number of aromatic hydroxyl groups is 1. The Morgan fingerprint density at radius 2 is 1.86 bits per heavy atom. The van der Waals surface area contributed by atoms with Crippen molar-refractivity contribution in [2.24, 2.45) is 5.73 Å². The van der Waals surface area contributed by atoms with Gasteiger partial charge in [0, 0.05) is 35.8 Å². The molecular formula is C26H33BrN4O6. The van der Waals surface area contributed by atoms with Crippen molar-refractivity contribution in [1.82, 2.24) is 10.2 Å². The van der Waals surface area contributed by atoms with E-state index in [1.165, 1.54) is 13.1 Å². The van der Waals surface area contributed by atoms with Crippen LogP contribution >= 0.6 is 17.0 Å². The maximum atomic E-state index is 13.3. The number of nitrogens with zero attached hydrogens (tertiary/aromatic N) is 1. The summed E-state index contributed by atoms with van der Waals surface area (Å²) in [4.78, 5) is 38.4. The molecule has 200 valence electrons. The van der Waals surface area contributed by atoms with E-state index in [2.05, 4.69) is 5.32 Å². The molecular weight excluding hydrogens is 544 g/mol. The first kappa shape index (κ1) is 29.6. The lowest BCUT2D eigenvalue weighted by molar-refractivity contribution is 0.0952. The number of fused-ring (bicyclic) bond motifs is 1. The summed E-state index contributed by atoms with van der Waals surface area (Å²) in [6.07, 6.45) is -0.991. The summed E-state index contributed by atoms with van der Waals surface area (Å²) in [5, 5.41) is 21.9. The van der Waals surface area contributed by atoms with Crippen molar-refractivity contribution in [2.75, 3.05) is 20.2 Å². The molecule has 3 rings (SSSR count). The molecule has 0 spiro atoms. The monoisotopic (exact) mass is 576 g/mol. The summed E-state index contributed by atoms with van der Waals surface area (Å²) in [6, 6.07) is 6.44. The summed E-state index contributed by atoms with van der Waals surface area (Å²) in [6.45, 7) is 7.79. The zero-order valence-electron chi connectivity index (χ0n) is 21.6. The maximum Gasteiger partial charge on any atom is 0.404 e. The van der Waals surface area contributed by atoms with Crippen molar-refractivity contribution in [3.8, 4) is 11.5 Å². The van der Waals surface area contributed by atoms with Crippen LogP contribution < -0.4 is 15.8 Å². The molecule has 0 atom stereocenters. The lowest BCUT2D eigenvalue weighted by Gasteiger charge is -2.24. The van der Waals surface area contributed by atoms with E-state index in [9.17, 15) is 19.5 Å². The highest BCUT2D eigenvalue weighted by atomic mass is 79.9. The van der Waals surface area contributed by atoms with Gasteiger partial charge in [0.2, 0.25) is 0 Å². The Kier molecular flexibility index (Phi) is 9.32. The minimum atomic E-state index is -0.991. The van der Waals surface area contributed by atoms with E-state index in [0.29, 0.717) is 41.2 Å². The van der Waals surface area contributed by atoms with Crippen molar-refractivity contribution in [3.05, 3.63) is 57.6 Å². The zero-order chi connectivity index (χ0) is 26.8. The quantitative estimate of drug-likeness (QED) is 0.349. The van der Waals surface area contributed by atoms with Gasteiger partial charge < -0.3 is 30.5 Å². The van der Waals surface area contributed by atoms with Gasteiger partial charge in [-0.05, 0) is 42.2 Å². The number of nitrogens with two attached hydrogens (primary N) is 1. The molecule has 2 amide bonds.